The summed E-state index contributed by atoms with van der Waals surface area (Å²) in [5.41, 5.74) is 2.79. The summed E-state index contributed by atoms with van der Waals surface area (Å²) in [6, 6.07) is 18.7. The predicted molar refractivity (Wildman–Crippen MR) is 115 cm³/mol. The van der Waals surface area contributed by atoms with Crippen molar-refractivity contribution in [2.24, 2.45) is 0 Å². The van der Waals surface area contributed by atoms with Crippen LogP contribution in [0.2, 0.25) is 0 Å². The number of benzene rings is 3. The summed E-state index contributed by atoms with van der Waals surface area (Å²) in [6.45, 7) is 0. The molecule has 0 radical (unpaired) electrons. The number of rotatable bonds is 4. The fourth-order valence-corrected chi connectivity index (χ4v) is 3.57. The first-order valence-electron chi connectivity index (χ1n) is 9.46. The van der Waals surface area contributed by atoms with Crippen molar-refractivity contribution in [1.82, 2.24) is 9.97 Å². The van der Waals surface area contributed by atoms with Crippen molar-refractivity contribution in [3.8, 4) is 17.1 Å². The van der Waals surface area contributed by atoms with Crippen LogP contribution in [0.5, 0.6) is 5.75 Å². The summed E-state index contributed by atoms with van der Waals surface area (Å²) in [5.74, 6) is 0.434. The number of hydrogen-bond donors (Lipinski definition) is 2. The van der Waals surface area contributed by atoms with Gasteiger partial charge in [-0.1, -0.05) is 42.5 Å². The second kappa shape index (κ2) is 7.33. The Morgan fingerprint density at radius 2 is 1.83 bits per heavy atom. The molecule has 30 heavy (non-hydrogen) atoms. The lowest BCUT2D eigenvalue weighted by Gasteiger charge is -2.06. The lowest BCUT2D eigenvalue weighted by Crippen LogP contribution is -2.14. The number of nitrogens with one attached hydrogen (secondary N) is 1. The smallest absolute Gasteiger partial charge is 0.229 e. The van der Waals surface area contributed by atoms with Gasteiger partial charge < -0.3 is 14.8 Å². The van der Waals surface area contributed by atoms with Crippen molar-refractivity contribution in [1.29, 1.82) is 0 Å². The average Bonchev–Trinajstić information content (AvgIpc) is 3.17. The highest BCUT2D eigenvalue weighted by Gasteiger charge is 2.14. The van der Waals surface area contributed by atoms with E-state index >= 15 is 0 Å². The molecule has 2 aromatic heterocycles. The molecule has 0 aliphatic heterocycles. The number of fused-ring (bicyclic) bond motifs is 3. The van der Waals surface area contributed by atoms with E-state index in [1.807, 2.05) is 42.5 Å². The Morgan fingerprint density at radius 1 is 1.00 bits per heavy atom. The third kappa shape index (κ3) is 3.35. The van der Waals surface area contributed by atoms with E-state index in [-0.39, 0.29) is 18.1 Å². The molecule has 5 aromatic rings. The van der Waals surface area contributed by atoms with E-state index in [4.69, 9.17) is 4.42 Å². The van der Waals surface area contributed by atoms with Crippen LogP contribution in [-0.4, -0.2) is 21.0 Å². The van der Waals surface area contributed by atoms with Crippen LogP contribution in [0.1, 0.15) is 5.56 Å². The molecule has 0 saturated heterocycles. The Bertz CT molecular complexity index is 1370. The van der Waals surface area contributed by atoms with Gasteiger partial charge in [0.1, 0.15) is 11.3 Å². The van der Waals surface area contributed by atoms with E-state index in [2.05, 4.69) is 15.3 Å². The molecule has 0 fully saturated rings. The Balaban J connectivity index is 1.36. The summed E-state index contributed by atoms with van der Waals surface area (Å²) < 4.78 is 5.66. The van der Waals surface area contributed by atoms with Gasteiger partial charge in [0, 0.05) is 16.5 Å². The maximum Gasteiger partial charge on any atom is 0.229 e. The highest BCUT2D eigenvalue weighted by Crippen LogP contribution is 2.30. The highest BCUT2D eigenvalue weighted by molar-refractivity contribution is 6.09. The monoisotopic (exact) mass is 395 g/mol. The van der Waals surface area contributed by atoms with Crippen molar-refractivity contribution < 1.29 is 14.3 Å². The van der Waals surface area contributed by atoms with Gasteiger partial charge in [0.25, 0.3) is 0 Å². The molecule has 0 spiro atoms. The molecule has 0 aliphatic carbocycles. The predicted octanol–water partition coefficient (Wildman–Crippen LogP) is 4.93. The van der Waals surface area contributed by atoms with Crippen LogP contribution in [0.4, 0.5) is 5.69 Å². The van der Waals surface area contributed by atoms with E-state index in [0.717, 1.165) is 27.3 Å². The first kappa shape index (κ1) is 17.9. The van der Waals surface area contributed by atoms with Crippen LogP contribution in [0, 0.1) is 0 Å². The molecule has 0 bridgehead atoms. The van der Waals surface area contributed by atoms with Crippen molar-refractivity contribution >= 4 is 33.3 Å². The number of phenols is 1. The topological polar surface area (TPSA) is 88.2 Å². The van der Waals surface area contributed by atoms with Gasteiger partial charge in [-0.3, -0.25) is 4.79 Å². The van der Waals surface area contributed by atoms with Crippen LogP contribution in [0.15, 0.2) is 83.7 Å². The van der Waals surface area contributed by atoms with Gasteiger partial charge in [0.05, 0.1) is 30.8 Å². The molecule has 0 atom stereocenters. The minimum Gasteiger partial charge on any atom is -0.508 e. The fourth-order valence-electron chi connectivity index (χ4n) is 3.57. The van der Waals surface area contributed by atoms with E-state index in [9.17, 15) is 9.90 Å². The summed E-state index contributed by atoms with van der Waals surface area (Å²) in [4.78, 5) is 21.2. The average molecular weight is 395 g/mol. The lowest BCUT2D eigenvalue weighted by molar-refractivity contribution is -0.115. The molecular formula is C24H17N3O3. The van der Waals surface area contributed by atoms with E-state index < -0.39 is 0 Å². The molecule has 2 N–H and O–H groups in total. The molecule has 3 aromatic carbocycles. The fraction of sp³-hybridized carbons (Fsp3) is 0.0417. The van der Waals surface area contributed by atoms with Crippen LogP contribution in [-0.2, 0) is 11.2 Å². The number of hydrogen-bond acceptors (Lipinski definition) is 5. The third-order valence-corrected chi connectivity index (χ3v) is 4.93. The zero-order valence-electron chi connectivity index (χ0n) is 15.9. The Hall–Kier alpha value is -4.19. The number of amides is 1. The number of carbonyl (C=O) groups excluding carboxylic acids is 1. The molecule has 146 valence electrons. The van der Waals surface area contributed by atoms with Crippen LogP contribution in [0.25, 0.3) is 33.1 Å². The van der Waals surface area contributed by atoms with Gasteiger partial charge in [-0.2, -0.15) is 0 Å². The van der Waals surface area contributed by atoms with Gasteiger partial charge in [0.15, 0.2) is 5.82 Å². The van der Waals surface area contributed by atoms with Crippen LogP contribution < -0.4 is 5.32 Å². The van der Waals surface area contributed by atoms with Crippen molar-refractivity contribution in [3.63, 3.8) is 0 Å². The number of aromatic nitrogens is 2. The second-order valence-electron chi connectivity index (χ2n) is 6.99. The van der Waals surface area contributed by atoms with Gasteiger partial charge in [-0.25, -0.2) is 9.97 Å². The van der Waals surface area contributed by atoms with E-state index in [1.54, 1.807) is 36.9 Å². The first-order valence-corrected chi connectivity index (χ1v) is 9.46. The molecular weight excluding hydrogens is 378 g/mol. The Labute approximate surface area is 171 Å². The number of aromatic hydroxyl groups is 1. The molecule has 1 amide bonds. The van der Waals surface area contributed by atoms with Crippen LogP contribution >= 0.6 is 0 Å². The summed E-state index contributed by atoms with van der Waals surface area (Å²) in [6.07, 6.45) is 4.91. The minimum atomic E-state index is -0.181. The van der Waals surface area contributed by atoms with Crippen molar-refractivity contribution in [2.75, 3.05) is 5.32 Å². The number of nitrogens with zero attached hydrogens (tertiary/aromatic N) is 2. The third-order valence-electron chi connectivity index (χ3n) is 4.93. The maximum atomic E-state index is 12.6. The molecule has 6 heteroatoms. The molecule has 6 nitrogen and oxygen atoms in total. The van der Waals surface area contributed by atoms with Crippen molar-refractivity contribution in [2.45, 2.75) is 6.42 Å². The number of phenolic OH excluding ortho intramolecular Hbond substituents is 1. The number of carbonyl (C=O) groups is 1. The Kier molecular flexibility index (Phi) is 4.37. The van der Waals surface area contributed by atoms with Crippen molar-refractivity contribution in [3.05, 3.63) is 84.9 Å². The zero-order chi connectivity index (χ0) is 20.5. The van der Waals surface area contributed by atoms with Crippen LogP contribution in [0.3, 0.4) is 0 Å². The molecule has 5 rings (SSSR count). The second-order valence-corrected chi connectivity index (χ2v) is 6.99. The number of furan rings is 1. The largest absolute Gasteiger partial charge is 0.508 e. The van der Waals surface area contributed by atoms with E-state index in [1.165, 1.54) is 0 Å². The lowest BCUT2D eigenvalue weighted by atomic mass is 10.0. The van der Waals surface area contributed by atoms with Gasteiger partial charge >= 0.3 is 0 Å². The Morgan fingerprint density at radius 3 is 2.67 bits per heavy atom. The highest BCUT2D eigenvalue weighted by atomic mass is 16.3. The molecule has 0 aliphatic rings. The van der Waals surface area contributed by atoms with Gasteiger partial charge in [0.2, 0.25) is 5.91 Å². The summed E-state index contributed by atoms with van der Waals surface area (Å²) in [7, 11) is 0. The minimum absolute atomic E-state index is 0.147. The normalized spacial score (nSPS) is 11.1. The quantitative estimate of drug-likeness (QED) is 0.450. The van der Waals surface area contributed by atoms with Gasteiger partial charge in [-0.15, -0.1) is 0 Å². The summed E-state index contributed by atoms with van der Waals surface area (Å²) in [5, 5.41) is 15.5. The zero-order valence-corrected chi connectivity index (χ0v) is 15.9. The number of anilines is 1. The molecule has 2 heterocycles. The SMILES string of the molecule is O=C(Cc1coc2ccc3ccccc3c12)Nc1cnc(-c2cccc(O)c2)nc1. The first-order chi connectivity index (χ1) is 14.7. The molecule has 0 saturated carbocycles. The molecule has 0 unspecified atom stereocenters. The maximum absolute atomic E-state index is 12.6. The summed E-state index contributed by atoms with van der Waals surface area (Å²) >= 11 is 0. The van der Waals surface area contributed by atoms with E-state index in [0.29, 0.717) is 17.1 Å². The van der Waals surface area contributed by atoms with Gasteiger partial charge in [-0.05, 0) is 29.0 Å². The standard InChI is InChI=1S/C24H17N3O3/c28-19-6-3-5-16(10-19)24-25-12-18(13-26-24)27-22(29)11-17-14-30-21-9-8-15-4-1-2-7-20(15)23(17)21/h1-10,12-14,28H,11H2,(H,27,29).